The molecule has 0 saturated heterocycles. The van der Waals surface area contributed by atoms with E-state index in [-0.39, 0.29) is 18.0 Å². The number of nitrogens with zero attached hydrogens (tertiary/aromatic N) is 2. The van der Waals surface area contributed by atoms with Crippen molar-refractivity contribution < 1.29 is 18.4 Å². The fourth-order valence-electron chi connectivity index (χ4n) is 3.28. The van der Waals surface area contributed by atoms with Crippen molar-refractivity contribution in [3.63, 3.8) is 0 Å². The smallest absolute Gasteiger partial charge is 0.312 e. The highest BCUT2D eigenvalue weighted by atomic mass is 19.3. The van der Waals surface area contributed by atoms with Gasteiger partial charge in [0, 0.05) is 36.3 Å². The van der Waals surface area contributed by atoms with Gasteiger partial charge in [-0.25, -0.2) is 13.6 Å². The van der Waals surface area contributed by atoms with E-state index in [0.717, 1.165) is 16.5 Å². The molecule has 2 heterocycles. The van der Waals surface area contributed by atoms with Crippen LogP contribution in [0.1, 0.15) is 31.5 Å². The minimum absolute atomic E-state index is 0.0918. The lowest BCUT2D eigenvalue weighted by atomic mass is 10.0. The number of nitrogens with one attached hydrogen (secondary N) is 3. The summed E-state index contributed by atoms with van der Waals surface area (Å²) in [5, 5.41) is 9.62. The zero-order chi connectivity index (χ0) is 21.8. The van der Waals surface area contributed by atoms with Crippen molar-refractivity contribution in [3.05, 3.63) is 47.9 Å². The molecule has 1 atom stereocenters. The van der Waals surface area contributed by atoms with Crippen LogP contribution in [0.3, 0.4) is 0 Å². The summed E-state index contributed by atoms with van der Waals surface area (Å²) < 4.78 is 28.2. The van der Waals surface area contributed by atoms with Crippen LogP contribution in [0.15, 0.2) is 36.7 Å². The van der Waals surface area contributed by atoms with Gasteiger partial charge in [0.05, 0.1) is 5.69 Å². The van der Waals surface area contributed by atoms with Gasteiger partial charge in [-0.3, -0.25) is 9.48 Å². The summed E-state index contributed by atoms with van der Waals surface area (Å²) in [4.78, 5) is 27.4. The van der Waals surface area contributed by atoms with Crippen LogP contribution in [0, 0.1) is 5.92 Å². The average molecular weight is 418 g/mol. The Morgan fingerprint density at radius 1 is 1.27 bits per heavy atom. The predicted octanol–water partition coefficient (Wildman–Crippen LogP) is 3.18. The molecule has 0 saturated carbocycles. The number of amides is 3. The molecule has 3 amide bonds. The summed E-state index contributed by atoms with van der Waals surface area (Å²) >= 11 is 0. The average Bonchev–Trinajstić information content (AvgIpc) is 3.24. The number of nitrogens with two attached hydrogens (primary N) is 1. The summed E-state index contributed by atoms with van der Waals surface area (Å²) in [6.07, 6.45) is 0.374. The zero-order valence-corrected chi connectivity index (χ0v) is 16.7. The summed E-state index contributed by atoms with van der Waals surface area (Å²) in [5.74, 6) is -0.477. The van der Waals surface area contributed by atoms with E-state index in [4.69, 9.17) is 5.73 Å². The maximum Gasteiger partial charge on any atom is 0.312 e. The van der Waals surface area contributed by atoms with Crippen LogP contribution < -0.4 is 16.4 Å². The van der Waals surface area contributed by atoms with Gasteiger partial charge in [-0.1, -0.05) is 32.0 Å². The minimum Gasteiger partial charge on any atom is -0.361 e. The largest absolute Gasteiger partial charge is 0.361 e. The van der Waals surface area contributed by atoms with Crippen LogP contribution in [0.5, 0.6) is 0 Å². The third kappa shape index (κ3) is 4.94. The lowest BCUT2D eigenvalue weighted by Gasteiger charge is -2.17. The molecule has 3 rings (SSSR count). The Labute approximate surface area is 171 Å². The number of para-hydroxylation sites is 1. The third-order valence-electron chi connectivity index (χ3n) is 4.54. The highest BCUT2D eigenvalue weighted by Gasteiger charge is 2.26. The second kappa shape index (κ2) is 8.93. The minimum atomic E-state index is -2.86. The molecule has 2 aromatic heterocycles. The van der Waals surface area contributed by atoms with Crippen molar-refractivity contribution in [1.29, 1.82) is 0 Å². The Morgan fingerprint density at radius 2 is 2.00 bits per heavy atom. The Hall–Kier alpha value is -3.43. The number of rotatable bonds is 8. The number of carbonyl (C=O) groups is 2. The number of anilines is 1. The lowest BCUT2D eigenvalue weighted by molar-refractivity contribution is -0.117. The molecule has 1 aromatic carbocycles. The maximum atomic E-state index is 13.4. The van der Waals surface area contributed by atoms with Crippen LogP contribution in [-0.4, -0.2) is 32.7 Å². The highest BCUT2D eigenvalue weighted by Crippen LogP contribution is 2.26. The normalized spacial score (nSPS) is 12.5. The molecule has 0 fully saturated rings. The van der Waals surface area contributed by atoms with Crippen LogP contribution >= 0.6 is 0 Å². The number of urea groups is 1. The van der Waals surface area contributed by atoms with Gasteiger partial charge < -0.3 is 21.4 Å². The number of carbonyl (C=O) groups excluding carboxylic acids is 2. The Balaban J connectivity index is 1.84. The zero-order valence-electron chi connectivity index (χ0n) is 16.7. The molecule has 0 spiro atoms. The highest BCUT2D eigenvalue weighted by molar-refractivity contribution is 5.98. The number of primary amides is 1. The van der Waals surface area contributed by atoms with Gasteiger partial charge in [-0.2, -0.15) is 5.10 Å². The van der Waals surface area contributed by atoms with Gasteiger partial charge in [0.2, 0.25) is 5.91 Å². The van der Waals surface area contributed by atoms with Crippen LogP contribution in [-0.2, 0) is 17.8 Å². The topological polar surface area (TPSA) is 118 Å². The molecule has 1 unspecified atom stereocenters. The van der Waals surface area contributed by atoms with Crippen LogP contribution in [0.25, 0.3) is 10.9 Å². The summed E-state index contributed by atoms with van der Waals surface area (Å²) in [7, 11) is 0. The van der Waals surface area contributed by atoms with E-state index >= 15 is 0 Å². The van der Waals surface area contributed by atoms with Crippen molar-refractivity contribution >= 4 is 28.5 Å². The molecule has 10 heteroatoms. The van der Waals surface area contributed by atoms with Crippen molar-refractivity contribution in [2.45, 2.75) is 39.3 Å². The van der Waals surface area contributed by atoms with Gasteiger partial charge in [-0.15, -0.1) is 0 Å². The first-order chi connectivity index (χ1) is 14.2. The van der Waals surface area contributed by atoms with E-state index in [1.165, 1.54) is 10.9 Å². The van der Waals surface area contributed by atoms with E-state index in [2.05, 4.69) is 20.7 Å². The Morgan fingerprint density at radius 3 is 2.67 bits per heavy atom. The van der Waals surface area contributed by atoms with E-state index < -0.39 is 30.1 Å². The van der Waals surface area contributed by atoms with Crippen molar-refractivity contribution in [1.82, 2.24) is 20.1 Å². The number of aromatic amines is 1. The third-order valence-corrected chi connectivity index (χ3v) is 4.54. The SMILES string of the molecule is CC(C)Cn1cc(NC(=O)C(Cc2c[nH]c3ccccc23)NC(N)=O)c(C(F)F)n1. The van der Waals surface area contributed by atoms with E-state index in [1.807, 2.05) is 38.1 Å². The molecule has 0 aliphatic rings. The lowest BCUT2D eigenvalue weighted by Crippen LogP contribution is -2.47. The maximum absolute atomic E-state index is 13.4. The Kier molecular flexibility index (Phi) is 6.34. The van der Waals surface area contributed by atoms with Crippen LogP contribution in [0.2, 0.25) is 0 Å². The monoisotopic (exact) mass is 418 g/mol. The van der Waals surface area contributed by atoms with E-state index in [1.54, 1.807) is 6.20 Å². The number of hydrogen-bond donors (Lipinski definition) is 4. The standard InChI is InChI=1S/C20H24F2N6O2/c1-11(2)9-28-10-16(17(27-28)18(21)22)25-19(29)15(26-20(23)30)7-12-8-24-14-6-4-3-5-13(12)14/h3-6,8,10-11,15,18,24H,7,9H2,1-2H3,(H,25,29)(H3,23,26,30). The molecular weight excluding hydrogens is 394 g/mol. The summed E-state index contributed by atoms with van der Waals surface area (Å²) in [6.45, 7) is 4.28. The molecule has 8 nitrogen and oxygen atoms in total. The fourth-order valence-corrected chi connectivity index (χ4v) is 3.28. The predicted molar refractivity (Wildman–Crippen MR) is 109 cm³/mol. The van der Waals surface area contributed by atoms with Crippen molar-refractivity contribution in [2.75, 3.05) is 5.32 Å². The first kappa shape index (κ1) is 21.3. The molecule has 0 aliphatic carbocycles. The van der Waals surface area contributed by atoms with Crippen molar-refractivity contribution in [2.24, 2.45) is 11.7 Å². The van der Waals surface area contributed by atoms with Gasteiger partial charge >= 0.3 is 6.03 Å². The number of hydrogen-bond acceptors (Lipinski definition) is 3. The molecule has 0 radical (unpaired) electrons. The molecule has 0 aliphatic heterocycles. The van der Waals surface area contributed by atoms with E-state index in [0.29, 0.717) is 6.54 Å². The fraction of sp³-hybridized carbons (Fsp3) is 0.350. The van der Waals surface area contributed by atoms with Gasteiger partial charge in [0.15, 0.2) is 5.69 Å². The second-order valence-corrected chi connectivity index (χ2v) is 7.46. The molecule has 5 N–H and O–H groups in total. The number of fused-ring (bicyclic) bond motifs is 1. The molecule has 0 bridgehead atoms. The number of alkyl halides is 2. The molecular formula is C20H24F2N6O2. The number of benzene rings is 1. The number of halogens is 2. The van der Waals surface area contributed by atoms with Crippen LogP contribution in [0.4, 0.5) is 19.3 Å². The second-order valence-electron chi connectivity index (χ2n) is 7.46. The first-order valence-corrected chi connectivity index (χ1v) is 9.52. The summed E-state index contributed by atoms with van der Waals surface area (Å²) in [5.41, 5.74) is 6.27. The molecule has 3 aromatic rings. The quantitative estimate of drug-likeness (QED) is 0.450. The van der Waals surface area contributed by atoms with Gasteiger partial charge in [-0.05, 0) is 17.5 Å². The van der Waals surface area contributed by atoms with E-state index in [9.17, 15) is 18.4 Å². The van der Waals surface area contributed by atoms with Gasteiger partial charge in [0.1, 0.15) is 6.04 Å². The first-order valence-electron chi connectivity index (χ1n) is 9.52. The number of aromatic nitrogens is 3. The molecule has 160 valence electrons. The van der Waals surface area contributed by atoms with Crippen molar-refractivity contribution in [3.8, 4) is 0 Å². The van der Waals surface area contributed by atoms with Gasteiger partial charge in [0.25, 0.3) is 6.43 Å². The Bertz CT molecular complexity index is 1040. The molecule has 30 heavy (non-hydrogen) atoms. The summed E-state index contributed by atoms with van der Waals surface area (Å²) in [6, 6.07) is 5.54. The number of H-pyrrole nitrogens is 1.